The van der Waals surface area contributed by atoms with E-state index in [1.54, 1.807) is 6.20 Å². The molecule has 8 nitrogen and oxygen atoms in total. The van der Waals surface area contributed by atoms with Crippen LogP contribution in [0.2, 0.25) is 0 Å². The van der Waals surface area contributed by atoms with Gasteiger partial charge in [0.1, 0.15) is 5.69 Å². The van der Waals surface area contributed by atoms with E-state index in [-0.39, 0.29) is 5.69 Å². The molecule has 30 heavy (non-hydrogen) atoms. The first-order chi connectivity index (χ1) is 14.6. The monoisotopic (exact) mass is 403 g/mol. The van der Waals surface area contributed by atoms with Crippen molar-refractivity contribution in [3.8, 4) is 22.6 Å². The summed E-state index contributed by atoms with van der Waals surface area (Å²) in [5.74, 6) is 0.460. The quantitative estimate of drug-likeness (QED) is 0.511. The molecule has 4 rings (SSSR count). The molecule has 3 heterocycles. The van der Waals surface area contributed by atoms with Gasteiger partial charge < -0.3 is 0 Å². The van der Waals surface area contributed by atoms with Crippen LogP contribution in [0.3, 0.4) is 0 Å². The maximum Gasteiger partial charge on any atom is 0.328 e. The minimum Gasteiger partial charge on any atom is -0.297 e. The molecule has 0 spiro atoms. The van der Waals surface area contributed by atoms with Gasteiger partial charge in [-0.15, -0.1) is 10.2 Å². The Bertz CT molecular complexity index is 1190. The number of hydrogen-bond donors (Lipinski definition) is 1. The highest BCUT2D eigenvalue weighted by Crippen LogP contribution is 2.28. The number of aromatic amines is 1. The number of imidazole rings is 1. The van der Waals surface area contributed by atoms with Gasteiger partial charge in [-0.3, -0.25) is 14.1 Å². The molecule has 1 N–H and O–H groups in total. The second-order valence-electron chi connectivity index (χ2n) is 7.23. The van der Waals surface area contributed by atoms with Crippen molar-refractivity contribution in [2.24, 2.45) is 0 Å². The highest BCUT2D eigenvalue weighted by atomic mass is 16.1. The molecular formula is C22H25N7O. The largest absolute Gasteiger partial charge is 0.328 e. The van der Waals surface area contributed by atoms with Crippen molar-refractivity contribution in [1.82, 2.24) is 34.7 Å². The zero-order chi connectivity index (χ0) is 21.1. The van der Waals surface area contributed by atoms with Crippen LogP contribution in [0.25, 0.3) is 22.6 Å². The summed E-state index contributed by atoms with van der Waals surface area (Å²) in [4.78, 5) is 17.3. The van der Waals surface area contributed by atoms with Crippen LogP contribution < -0.4 is 5.69 Å². The van der Waals surface area contributed by atoms with Crippen molar-refractivity contribution < 1.29 is 0 Å². The van der Waals surface area contributed by atoms with Gasteiger partial charge in [0.05, 0.1) is 6.54 Å². The third kappa shape index (κ3) is 3.56. The number of tetrazole rings is 1. The predicted molar refractivity (Wildman–Crippen MR) is 115 cm³/mol. The van der Waals surface area contributed by atoms with E-state index in [4.69, 9.17) is 0 Å². The fraction of sp³-hybridized carbons (Fsp3) is 0.318. The molecule has 0 fully saturated rings. The van der Waals surface area contributed by atoms with Gasteiger partial charge in [0.2, 0.25) is 5.82 Å². The Morgan fingerprint density at radius 1 is 1.07 bits per heavy atom. The van der Waals surface area contributed by atoms with E-state index in [2.05, 4.69) is 44.7 Å². The molecule has 8 heteroatoms. The summed E-state index contributed by atoms with van der Waals surface area (Å²) in [6, 6.07) is 12.1. The Labute approximate surface area is 174 Å². The molecule has 0 atom stereocenters. The van der Waals surface area contributed by atoms with Gasteiger partial charge in [-0.05, 0) is 42.7 Å². The average molecular weight is 403 g/mol. The molecule has 0 saturated heterocycles. The molecule has 0 bridgehead atoms. The zero-order valence-corrected chi connectivity index (χ0v) is 17.5. The van der Waals surface area contributed by atoms with Crippen LogP contribution >= 0.6 is 0 Å². The van der Waals surface area contributed by atoms with Crippen molar-refractivity contribution in [2.45, 2.75) is 46.7 Å². The van der Waals surface area contributed by atoms with Gasteiger partial charge in [0.25, 0.3) is 0 Å². The van der Waals surface area contributed by atoms with Crippen molar-refractivity contribution in [2.75, 3.05) is 0 Å². The lowest BCUT2D eigenvalue weighted by atomic mass is 10.0. The number of nitrogens with zero attached hydrogens (tertiary/aromatic N) is 6. The Kier molecular flexibility index (Phi) is 5.56. The lowest BCUT2D eigenvalue weighted by Crippen LogP contribution is -2.25. The standard InChI is InChI=1S/C22H25N7O/c1-4-7-19-15(3)28(5-2)22(30)29(19)14-16-9-11-17(12-10-16)18-8-6-13-23-20(18)21-24-26-27-25-21/h6,8-13H,4-5,7,14H2,1-3H3,(H,24,25,26,27). The van der Waals surface area contributed by atoms with Gasteiger partial charge >= 0.3 is 5.69 Å². The van der Waals surface area contributed by atoms with E-state index in [1.165, 1.54) is 0 Å². The number of rotatable bonds is 7. The summed E-state index contributed by atoms with van der Waals surface area (Å²) in [5.41, 5.74) is 5.96. The molecule has 154 valence electrons. The molecule has 0 radical (unpaired) electrons. The van der Waals surface area contributed by atoms with Crippen LogP contribution in [-0.2, 0) is 19.5 Å². The Morgan fingerprint density at radius 3 is 2.53 bits per heavy atom. The molecule has 3 aromatic heterocycles. The fourth-order valence-corrected chi connectivity index (χ4v) is 3.89. The van der Waals surface area contributed by atoms with Crippen molar-refractivity contribution in [1.29, 1.82) is 0 Å². The average Bonchev–Trinajstić information content (AvgIpc) is 3.38. The molecule has 0 aliphatic carbocycles. The molecule has 4 aromatic rings. The molecule has 0 aliphatic rings. The van der Waals surface area contributed by atoms with E-state index < -0.39 is 0 Å². The number of H-pyrrole nitrogens is 1. The second-order valence-corrected chi connectivity index (χ2v) is 7.23. The predicted octanol–water partition coefficient (Wildman–Crippen LogP) is 3.22. The Morgan fingerprint density at radius 2 is 1.87 bits per heavy atom. The summed E-state index contributed by atoms with van der Waals surface area (Å²) in [7, 11) is 0. The Hall–Kier alpha value is -3.55. The first-order valence-corrected chi connectivity index (χ1v) is 10.2. The molecular weight excluding hydrogens is 378 g/mol. The van der Waals surface area contributed by atoms with Crippen LogP contribution in [0.4, 0.5) is 0 Å². The zero-order valence-electron chi connectivity index (χ0n) is 17.5. The minimum absolute atomic E-state index is 0.0641. The van der Waals surface area contributed by atoms with Crippen molar-refractivity contribution in [3.05, 3.63) is 70.0 Å². The molecule has 0 aliphatic heterocycles. The maximum atomic E-state index is 12.9. The van der Waals surface area contributed by atoms with Crippen LogP contribution in [0.15, 0.2) is 47.4 Å². The SMILES string of the molecule is CCCc1c(C)n(CC)c(=O)n1Cc1ccc(-c2cccnc2-c2nn[nH]n2)cc1. The summed E-state index contributed by atoms with van der Waals surface area (Å²) in [6.07, 6.45) is 3.62. The lowest BCUT2D eigenvalue weighted by Gasteiger charge is -2.10. The first kappa shape index (κ1) is 19.8. The van der Waals surface area contributed by atoms with E-state index in [1.807, 2.05) is 47.2 Å². The first-order valence-electron chi connectivity index (χ1n) is 10.2. The third-order valence-electron chi connectivity index (χ3n) is 5.38. The third-order valence-corrected chi connectivity index (χ3v) is 5.38. The van der Waals surface area contributed by atoms with Crippen LogP contribution in [0.5, 0.6) is 0 Å². The van der Waals surface area contributed by atoms with Gasteiger partial charge in [-0.2, -0.15) is 5.21 Å². The minimum atomic E-state index is 0.0641. The molecule has 0 saturated carbocycles. The summed E-state index contributed by atoms with van der Waals surface area (Å²) in [5, 5.41) is 14.2. The highest BCUT2D eigenvalue weighted by Gasteiger charge is 2.16. The molecule has 1 aromatic carbocycles. The molecule has 0 amide bonds. The Balaban J connectivity index is 1.66. The van der Waals surface area contributed by atoms with Gasteiger partial charge in [-0.1, -0.05) is 43.7 Å². The number of benzene rings is 1. The second kappa shape index (κ2) is 8.44. The van der Waals surface area contributed by atoms with Crippen LogP contribution in [-0.4, -0.2) is 34.7 Å². The van der Waals surface area contributed by atoms with Gasteiger partial charge in [0.15, 0.2) is 0 Å². The topological polar surface area (TPSA) is 94.3 Å². The van der Waals surface area contributed by atoms with Gasteiger partial charge in [-0.25, -0.2) is 4.79 Å². The van der Waals surface area contributed by atoms with E-state index in [0.717, 1.165) is 40.9 Å². The summed E-state index contributed by atoms with van der Waals surface area (Å²) in [6.45, 7) is 7.44. The lowest BCUT2D eigenvalue weighted by molar-refractivity contribution is 0.650. The highest BCUT2D eigenvalue weighted by molar-refractivity contribution is 5.77. The van der Waals surface area contributed by atoms with Crippen molar-refractivity contribution >= 4 is 0 Å². The number of hydrogen-bond acceptors (Lipinski definition) is 5. The number of pyridine rings is 1. The van der Waals surface area contributed by atoms with Crippen LogP contribution in [0, 0.1) is 6.92 Å². The number of aromatic nitrogens is 7. The van der Waals surface area contributed by atoms with Crippen molar-refractivity contribution in [3.63, 3.8) is 0 Å². The van der Waals surface area contributed by atoms with E-state index in [9.17, 15) is 4.79 Å². The fourth-order valence-electron chi connectivity index (χ4n) is 3.89. The normalized spacial score (nSPS) is 11.2. The smallest absolute Gasteiger partial charge is 0.297 e. The summed E-state index contributed by atoms with van der Waals surface area (Å²) < 4.78 is 3.76. The van der Waals surface area contributed by atoms with Gasteiger partial charge in [0, 0.05) is 29.7 Å². The maximum absolute atomic E-state index is 12.9. The van der Waals surface area contributed by atoms with Crippen LogP contribution in [0.1, 0.15) is 37.2 Å². The number of nitrogens with one attached hydrogen (secondary N) is 1. The summed E-state index contributed by atoms with van der Waals surface area (Å²) >= 11 is 0. The van der Waals surface area contributed by atoms with E-state index >= 15 is 0 Å². The van der Waals surface area contributed by atoms with E-state index in [0.29, 0.717) is 24.6 Å². The molecule has 0 unspecified atom stereocenters.